The molecule has 0 fully saturated rings. The monoisotopic (exact) mass is 349 g/mol. The summed E-state index contributed by atoms with van der Waals surface area (Å²) in [6.07, 6.45) is 3.06. The van der Waals surface area contributed by atoms with E-state index in [1.165, 1.54) is 17.2 Å². The second-order valence-electron chi connectivity index (χ2n) is 6.17. The van der Waals surface area contributed by atoms with Crippen molar-refractivity contribution in [2.45, 2.75) is 12.5 Å². The van der Waals surface area contributed by atoms with Crippen LogP contribution in [0.2, 0.25) is 0 Å². The van der Waals surface area contributed by atoms with Gasteiger partial charge in [0.05, 0.1) is 6.61 Å². The summed E-state index contributed by atoms with van der Waals surface area (Å²) in [5.41, 5.74) is 3.53. The largest absolute Gasteiger partial charge is 0.468 e. The maximum Gasteiger partial charge on any atom is 0.246 e. The predicted octanol–water partition coefficient (Wildman–Crippen LogP) is 3.89. The Bertz CT molecular complexity index is 799. The lowest BCUT2D eigenvalue weighted by molar-refractivity contribution is -0.127. The molecule has 134 valence electrons. The standard InChI is InChI=1S/C22H23NO3/c1-3-12-25-16-26-19-10-7-9-17(13-19)21-15-23(22(24)4-2)14-18-8-5-6-11-20(18)21/h3-11,13,21H,1-2,12,14-16H2/t21-/m1/s1. The molecule has 2 aromatic rings. The molecule has 0 saturated heterocycles. The summed E-state index contributed by atoms with van der Waals surface area (Å²) >= 11 is 0. The average molecular weight is 349 g/mol. The number of fused-ring (bicyclic) bond motifs is 1. The highest BCUT2D eigenvalue weighted by atomic mass is 16.7. The van der Waals surface area contributed by atoms with Gasteiger partial charge in [-0.2, -0.15) is 0 Å². The molecule has 2 aromatic carbocycles. The molecule has 0 N–H and O–H groups in total. The van der Waals surface area contributed by atoms with Crippen molar-refractivity contribution in [3.05, 3.63) is 90.5 Å². The third-order valence-electron chi connectivity index (χ3n) is 4.49. The minimum atomic E-state index is -0.0465. The van der Waals surface area contributed by atoms with Gasteiger partial charge >= 0.3 is 0 Å². The molecule has 1 atom stereocenters. The van der Waals surface area contributed by atoms with Gasteiger partial charge in [0, 0.05) is 19.0 Å². The van der Waals surface area contributed by atoms with E-state index in [-0.39, 0.29) is 18.6 Å². The molecule has 0 radical (unpaired) electrons. The van der Waals surface area contributed by atoms with Crippen molar-refractivity contribution in [3.63, 3.8) is 0 Å². The minimum Gasteiger partial charge on any atom is -0.468 e. The fourth-order valence-corrected chi connectivity index (χ4v) is 3.25. The van der Waals surface area contributed by atoms with Crippen LogP contribution in [-0.2, 0) is 16.1 Å². The number of carbonyl (C=O) groups is 1. The Balaban J connectivity index is 1.85. The second kappa shape index (κ2) is 8.50. The van der Waals surface area contributed by atoms with Gasteiger partial charge in [-0.25, -0.2) is 0 Å². The number of carbonyl (C=O) groups excluding carboxylic acids is 1. The van der Waals surface area contributed by atoms with Gasteiger partial charge in [0.25, 0.3) is 0 Å². The normalized spacial score (nSPS) is 15.8. The number of amides is 1. The summed E-state index contributed by atoms with van der Waals surface area (Å²) in [7, 11) is 0. The predicted molar refractivity (Wildman–Crippen MR) is 102 cm³/mol. The van der Waals surface area contributed by atoms with E-state index in [0.717, 1.165) is 11.3 Å². The van der Waals surface area contributed by atoms with Gasteiger partial charge in [0.2, 0.25) is 5.91 Å². The maximum absolute atomic E-state index is 12.2. The summed E-state index contributed by atoms with van der Waals surface area (Å²) in [5.74, 6) is 0.799. The first-order chi connectivity index (χ1) is 12.7. The third kappa shape index (κ3) is 4.03. The molecule has 0 unspecified atom stereocenters. The van der Waals surface area contributed by atoms with Gasteiger partial charge in [-0.1, -0.05) is 49.1 Å². The highest BCUT2D eigenvalue weighted by molar-refractivity contribution is 5.87. The van der Waals surface area contributed by atoms with E-state index in [1.807, 2.05) is 35.2 Å². The summed E-state index contributed by atoms with van der Waals surface area (Å²) < 4.78 is 10.9. The van der Waals surface area contributed by atoms with Crippen molar-refractivity contribution in [1.29, 1.82) is 0 Å². The van der Waals surface area contributed by atoms with E-state index in [9.17, 15) is 4.79 Å². The van der Waals surface area contributed by atoms with Crippen LogP contribution in [-0.4, -0.2) is 30.8 Å². The second-order valence-corrected chi connectivity index (χ2v) is 6.17. The molecule has 0 aromatic heterocycles. The Morgan fingerprint density at radius 2 is 2.04 bits per heavy atom. The van der Waals surface area contributed by atoms with Crippen LogP contribution in [0.4, 0.5) is 0 Å². The van der Waals surface area contributed by atoms with E-state index in [1.54, 1.807) is 6.08 Å². The Kier molecular flexibility index (Phi) is 5.87. The van der Waals surface area contributed by atoms with Crippen molar-refractivity contribution in [1.82, 2.24) is 4.90 Å². The lowest BCUT2D eigenvalue weighted by Crippen LogP contribution is -2.37. The van der Waals surface area contributed by atoms with Gasteiger partial charge in [-0.15, -0.1) is 6.58 Å². The molecule has 1 amide bonds. The average Bonchev–Trinajstić information content (AvgIpc) is 2.70. The zero-order valence-corrected chi connectivity index (χ0v) is 14.8. The van der Waals surface area contributed by atoms with E-state index in [2.05, 4.69) is 31.4 Å². The highest BCUT2D eigenvalue weighted by Crippen LogP contribution is 2.34. The van der Waals surface area contributed by atoms with E-state index < -0.39 is 0 Å². The van der Waals surface area contributed by atoms with Crippen LogP contribution in [0.15, 0.2) is 73.8 Å². The van der Waals surface area contributed by atoms with Gasteiger partial charge < -0.3 is 14.4 Å². The van der Waals surface area contributed by atoms with Gasteiger partial charge in [-0.3, -0.25) is 4.79 Å². The number of ether oxygens (including phenoxy) is 2. The smallest absolute Gasteiger partial charge is 0.246 e. The van der Waals surface area contributed by atoms with Crippen molar-refractivity contribution < 1.29 is 14.3 Å². The van der Waals surface area contributed by atoms with Crippen LogP contribution >= 0.6 is 0 Å². The molecular weight excluding hydrogens is 326 g/mol. The Morgan fingerprint density at radius 3 is 2.85 bits per heavy atom. The van der Waals surface area contributed by atoms with Gasteiger partial charge in [-0.05, 0) is 34.9 Å². The highest BCUT2D eigenvalue weighted by Gasteiger charge is 2.28. The number of rotatable bonds is 7. The molecule has 0 saturated carbocycles. The van der Waals surface area contributed by atoms with E-state index in [0.29, 0.717) is 19.7 Å². The van der Waals surface area contributed by atoms with Crippen LogP contribution in [0.25, 0.3) is 0 Å². The number of hydrogen-bond donors (Lipinski definition) is 0. The van der Waals surface area contributed by atoms with Crippen molar-refractivity contribution in [2.24, 2.45) is 0 Å². The van der Waals surface area contributed by atoms with Crippen LogP contribution in [0, 0.1) is 0 Å². The van der Waals surface area contributed by atoms with Crippen molar-refractivity contribution in [2.75, 3.05) is 19.9 Å². The first-order valence-electron chi connectivity index (χ1n) is 8.63. The molecule has 0 bridgehead atoms. The fraction of sp³-hybridized carbons (Fsp3) is 0.227. The molecular formula is C22H23NO3. The Labute approximate surface area is 154 Å². The van der Waals surface area contributed by atoms with Crippen LogP contribution in [0.3, 0.4) is 0 Å². The molecule has 1 heterocycles. The van der Waals surface area contributed by atoms with Gasteiger partial charge in [0.1, 0.15) is 5.75 Å². The van der Waals surface area contributed by atoms with Gasteiger partial charge in [0.15, 0.2) is 6.79 Å². The Hall–Kier alpha value is -2.85. The lowest BCUT2D eigenvalue weighted by Gasteiger charge is -2.34. The first-order valence-corrected chi connectivity index (χ1v) is 8.63. The van der Waals surface area contributed by atoms with E-state index in [4.69, 9.17) is 9.47 Å². The zero-order chi connectivity index (χ0) is 18.4. The number of nitrogens with zero attached hydrogens (tertiary/aromatic N) is 1. The molecule has 26 heavy (non-hydrogen) atoms. The third-order valence-corrected chi connectivity index (χ3v) is 4.49. The molecule has 4 nitrogen and oxygen atoms in total. The molecule has 0 aliphatic carbocycles. The topological polar surface area (TPSA) is 38.8 Å². The summed E-state index contributed by atoms with van der Waals surface area (Å²) in [4.78, 5) is 14.0. The van der Waals surface area contributed by atoms with Crippen molar-refractivity contribution in [3.8, 4) is 5.75 Å². The summed E-state index contributed by atoms with van der Waals surface area (Å²) in [6, 6.07) is 16.2. The summed E-state index contributed by atoms with van der Waals surface area (Å²) in [6.45, 7) is 9.10. The SMILES string of the molecule is C=CCOCOc1cccc([C@H]2CN(C(=O)C=C)Cc3ccccc32)c1. The van der Waals surface area contributed by atoms with Crippen LogP contribution in [0.1, 0.15) is 22.6 Å². The summed E-state index contributed by atoms with van der Waals surface area (Å²) in [5, 5.41) is 0. The number of hydrogen-bond acceptors (Lipinski definition) is 3. The maximum atomic E-state index is 12.2. The van der Waals surface area contributed by atoms with Crippen LogP contribution < -0.4 is 4.74 Å². The number of benzene rings is 2. The Morgan fingerprint density at radius 1 is 1.19 bits per heavy atom. The molecule has 4 heteroatoms. The molecule has 0 spiro atoms. The minimum absolute atomic E-state index is 0.0465. The lowest BCUT2D eigenvalue weighted by atomic mass is 9.84. The fourth-order valence-electron chi connectivity index (χ4n) is 3.25. The molecule has 3 rings (SSSR count). The first kappa shape index (κ1) is 18.0. The van der Waals surface area contributed by atoms with Crippen LogP contribution in [0.5, 0.6) is 5.75 Å². The molecule has 1 aliphatic rings. The van der Waals surface area contributed by atoms with E-state index >= 15 is 0 Å². The molecule has 1 aliphatic heterocycles. The quantitative estimate of drug-likeness (QED) is 0.329. The zero-order valence-electron chi connectivity index (χ0n) is 14.8. The van der Waals surface area contributed by atoms with Crippen molar-refractivity contribution >= 4 is 5.91 Å².